The van der Waals surface area contributed by atoms with E-state index in [9.17, 15) is 13.6 Å². The molecule has 1 aromatic carbocycles. The molecule has 0 amide bonds. The Bertz CT molecular complexity index is 558. The average Bonchev–Trinajstić information content (AvgIpc) is 2.69. The Kier molecular flexibility index (Phi) is 3.04. The molecule has 0 fully saturated rings. The summed E-state index contributed by atoms with van der Waals surface area (Å²) in [4.78, 5) is 10.9. The van der Waals surface area contributed by atoms with Gasteiger partial charge in [-0.15, -0.1) is 0 Å². The van der Waals surface area contributed by atoms with Gasteiger partial charge < -0.3 is 4.42 Å². The van der Waals surface area contributed by atoms with E-state index in [1.54, 1.807) is 12.1 Å². The lowest BCUT2D eigenvalue weighted by atomic mass is 10.1. The van der Waals surface area contributed by atoms with E-state index in [2.05, 4.69) is 0 Å². The number of furan rings is 1. The minimum atomic E-state index is -0.924. The molecule has 0 N–H and O–H groups in total. The van der Waals surface area contributed by atoms with Crippen LogP contribution in [0.15, 0.2) is 34.7 Å². The van der Waals surface area contributed by atoms with E-state index in [1.165, 1.54) is 13.0 Å². The van der Waals surface area contributed by atoms with Crippen LogP contribution in [0, 0.1) is 11.6 Å². The quantitative estimate of drug-likeness (QED) is 0.818. The Morgan fingerprint density at radius 3 is 2.59 bits per heavy atom. The zero-order valence-electron chi connectivity index (χ0n) is 9.17. The van der Waals surface area contributed by atoms with E-state index in [0.717, 1.165) is 12.1 Å². The zero-order chi connectivity index (χ0) is 12.4. The van der Waals surface area contributed by atoms with E-state index in [4.69, 9.17) is 4.42 Å². The fourth-order valence-corrected chi connectivity index (χ4v) is 1.52. The van der Waals surface area contributed by atoms with Gasteiger partial charge in [-0.2, -0.15) is 0 Å². The summed E-state index contributed by atoms with van der Waals surface area (Å²) < 4.78 is 31.1. The first kappa shape index (κ1) is 11.5. The van der Waals surface area contributed by atoms with Crippen molar-refractivity contribution in [3.05, 3.63) is 47.7 Å². The van der Waals surface area contributed by atoms with E-state index in [1.807, 2.05) is 0 Å². The predicted octanol–water partition coefficient (Wildman–Crippen LogP) is 3.36. The van der Waals surface area contributed by atoms with E-state index >= 15 is 0 Å². The molecule has 4 heteroatoms. The third-order valence-electron chi connectivity index (χ3n) is 2.29. The third kappa shape index (κ3) is 2.58. The molecular weight excluding hydrogens is 226 g/mol. The highest BCUT2D eigenvalue weighted by molar-refractivity contribution is 5.77. The highest BCUT2D eigenvalue weighted by Crippen LogP contribution is 2.24. The van der Waals surface area contributed by atoms with E-state index in [0.29, 0.717) is 17.1 Å². The van der Waals surface area contributed by atoms with Gasteiger partial charge in [0, 0.05) is 5.56 Å². The number of carbonyl (C=O) groups excluding carboxylic acids is 1. The minimum Gasteiger partial charge on any atom is -0.461 e. The first-order valence-corrected chi connectivity index (χ1v) is 5.10. The van der Waals surface area contributed by atoms with Gasteiger partial charge in [0.25, 0.3) is 0 Å². The lowest BCUT2D eigenvalue weighted by Crippen LogP contribution is -1.93. The highest BCUT2D eigenvalue weighted by atomic mass is 19.2. The molecule has 88 valence electrons. The Morgan fingerprint density at radius 2 is 1.94 bits per heavy atom. The molecule has 17 heavy (non-hydrogen) atoms. The number of carbonyl (C=O) groups is 1. The van der Waals surface area contributed by atoms with Gasteiger partial charge in [-0.3, -0.25) is 4.79 Å². The van der Waals surface area contributed by atoms with Gasteiger partial charge in [-0.1, -0.05) is 0 Å². The molecule has 1 aromatic heterocycles. The van der Waals surface area contributed by atoms with Gasteiger partial charge >= 0.3 is 0 Å². The molecule has 0 unspecified atom stereocenters. The molecule has 0 spiro atoms. The molecule has 2 aromatic rings. The second-order valence-corrected chi connectivity index (χ2v) is 3.77. The molecule has 1 heterocycles. The molecule has 0 saturated heterocycles. The van der Waals surface area contributed by atoms with Crippen LogP contribution >= 0.6 is 0 Å². The molecule has 0 atom stereocenters. The summed E-state index contributed by atoms with van der Waals surface area (Å²) >= 11 is 0. The van der Waals surface area contributed by atoms with Crippen molar-refractivity contribution in [1.29, 1.82) is 0 Å². The predicted molar refractivity (Wildman–Crippen MR) is 58.4 cm³/mol. The Morgan fingerprint density at radius 1 is 1.18 bits per heavy atom. The number of hydrogen-bond acceptors (Lipinski definition) is 2. The van der Waals surface area contributed by atoms with Crippen LogP contribution in [0.5, 0.6) is 0 Å². The van der Waals surface area contributed by atoms with Crippen LogP contribution in [0.2, 0.25) is 0 Å². The van der Waals surface area contributed by atoms with E-state index in [-0.39, 0.29) is 12.2 Å². The molecule has 0 aliphatic carbocycles. The normalized spacial score (nSPS) is 10.5. The highest BCUT2D eigenvalue weighted by Gasteiger charge is 2.09. The molecule has 0 aliphatic rings. The van der Waals surface area contributed by atoms with Crippen molar-refractivity contribution in [2.45, 2.75) is 13.3 Å². The second-order valence-electron chi connectivity index (χ2n) is 3.77. The topological polar surface area (TPSA) is 30.2 Å². The van der Waals surface area contributed by atoms with Gasteiger partial charge in [0.05, 0.1) is 6.42 Å². The monoisotopic (exact) mass is 236 g/mol. The van der Waals surface area contributed by atoms with Gasteiger partial charge in [0.2, 0.25) is 0 Å². The van der Waals surface area contributed by atoms with Crippen molar-refractivity contribution in [3.8, 4) is 11.3 Å². The van der Waals surface area contributed by atoms with Crippen LogP contribution in [0.1, 0.15) is 12.7 Å². The van der Waals surface area contributed by atoms with Crippen LogP contribution in [0.25, 0.3) is 11.3 Å². The maximum Gasteiger partial charge on any atom is 0.159 e. The van der Waals surface area contributed by atoms with Crippen molar-refractivity contribution in [2.75, 3.05) is 0 Å². The first-order chi connectivity index (χ1) is 8.06. The zero-order valence-corrected chi connectivity index (χ0v) is 9.17. The summed E-state index contributed by atoms with van der Waals surface area (Å²) in [6.45, 7) is 1.46. The third-order valence-corrected chi connectivity index (χ3v) is 2.29. The van der Waals surface area contributed by atoms with Crippen molar-refractivity contribution in [3.63, 3.8) is 0 Å². The van der Waals surface area contributed by atoms with Crippen LogP contribution in [0.4, 0.5) is 8.78 Å². The maximum absolute atomic E-state index is 13.0. The van der Waals surface area contributed by atoms with Crippen LogP contribution in [0.3, 0.4) is 0 Å². The Hall–Kier alpha value is -1.97. The smallest absolute Gasteiger partial charge is 0.159 e. The van der Waals surface area contributed by atoms with Crippen molar-refractivity contribution in [1.82, 2.24) is 0 Å². The first-order valence-electron chi connectivity index (χ1n) is 5.10. The summed E-state index contributed by atoms with van der Waals surface area (Å²) in [5, 5.41) is 0. The Balaban J connectivity index is 2.30. The number of benzene rings is 1. The molecule has 0 radical (unpaired) electrons. The maximum atomic E-state index is 13.0. The summed E-state index contributed by atoms with van der Waals surface area (Å²) in [6, 6.07) is 6.81. The number of ketones is 1. The summed E-state index contributed by atoms with van der Waals surface area (Å²) in [6.07, 6.45) is 0.198. The molecule has 0 aliphatic heterocycles. The fourth-order valence-electron chi connectivity index (χ4n) is 1.52. The summed E-state index contributed by atoms with van der Waals surface area (Å²) in [5.41, 5.74) is 0.443. The molecular formula is C13H10F2O2. The van der Waals surface area contributed by atoms with Gasteiger partial charge in [-0.05, 0) is 37.3 Å². The number of hydrogen-bond donors (Lipinski definition) is 0. The molecule has 0 saturated carbocycles. The van der Waals surface area contributed by atoms with Crippen LogP contribution in [-0.2, 0) is 11.2 Å². The van der Waals surface area contributed by atoms with Crippen molar-refractivity contribution in [2.24, 2.45) is 0 Å². The average molecular weight is 236 g/mol. The van der Waals surface area contributed by atoms with Crippen molar-refractivity contribution >= 4 is 5.78 Å². The Labute approximate surface area is 96.9 Å². The van der Waals surface area contributed by atoms with E-state index < -0.39 is 11.6 Å². The number of halogens is 2. The number of rotatable bonds is 3. The summed E-state index contributed by atoms with van der Waals surface area (Å²) in [5.74, 6) is -0.912. The van der Waals surface area contributed by atoms with Crippen molar-refractivity contribution < 1.29 is 18.0 Å². The molecule has 2 nitrogen and oxygen atoms in total. The summed E-state index contributed by atoms with van der Waals surface area (Å²) in [7, 11) is 0. The van der Waals surface area contributed by atoms with Crippen LogP contribution < -0.4 is 0 Å². The lowest BCUT2D eigenvalue weighted by Gasteiger charge is -1.98. The standard InChI is InChI=1S/C13H10F2O2/c1-8(16)6-10-3-5-13(17-10)9-2-4-11(14)12(15)7-9/h2-5,7H,6H2,1H3. The lowest BCUT2D eigenvalue weighted by molar-refractivity contribution is -0.116. The van der Waals surface area contributed by atoms with Crippen LogP contribution in [-0.4, -0.2) is 5.78 Å². The fraction of sp³-hybridized carbons (Fsp3) is 0.154. The van der Waals surface area contributed by atoms with Gasteiger partial charge in [-0.25, -0.2) is 8.78 Å². The number of Topliss-reactive ketones (excluding diaryl/α,β-unsaturated/α-hetero) is 1. The van der Waals surface area contributed by atoms with Gasteiger partial charge in [0.15, 0.2) is 11.6 Å². The van der Waals surface area contributed by atoms with Gasteiger partial charge in [0.1, 0.15) is 17.3 Å². The second kappa shape index (κ2) is 4.49. The largest absolute Gasteiger partial charge is 0.461 e. The molecule has 0 bridgehead atoms. The molecule has 2 rings (SSSR count). The SMILES string of the molecule is CC(=O)Cc1ccc(-c2ccc(F)c(F)c2)o1. The minimum absolute atomic E-state index is 0.0174.